The Morgan fingerprint density at radius 2 is 1.89 bits per heavy atom. The summed E-state index contributed by atoms with van der Waals surface area (Å²) in [5, 5.41) is 6.14. The van der Waals surface area contributed by atoms with Gasteiger partial charge in [-0.05, 0) is 29.0 Å². The highest BCUT2D eigenvalue weighted by Gasteiger charge is 2.27. The topological polar surface area (TPSA) is 69.2 Å². The molecule has 1 atom stereocenters. The van der Waals surface area contributed by atoms with Gasteiger partial charge in [0.25, 0.3) is 5.91 Å². The van der Waals surface area contributed by atoms with E-state index in [1.54, 1.807) is 25.5 Å². The molecule has 0 saturated heterocycles. The molecule has 1 amide bonds. The van der Waals surface area contributed by atoms with Gasteiger partial charge in [-0.3, -0.25) is 4.79 Å². The normalized spacial score (nSPS) is 15.7. The third-order valence-corrected chi connectivity index (χ3v) is 4.32. The van der Waals surface area contributed by atoms with Crippen LogP contribution in [-0.2, 0) is 4.79 Å². The van der Waals surface area contributed by atoms with E-state index in [1.807, 2.05) is 48.5 Å². The lowest BCUT2D eigenvalue weighted by molar-refractivity contribution is -0.130. The molecule has 0 radical (unpaired) electrons. The summed E-state index contributed by atoms with van der Waals surface area (Å²) in [6.45, 7) is 0.135. The van der Waals surface area contributed by atoms with E-state index in [0.29, 0.717) is 17.2 Å². The van der Waals surface area contributed by atoms with Gasteiger partial charge >= 0.3 is 0 Å². The first-order valence-electron chi connectivity index (χ1n) is 8.53. The number of ether oxygens (including phenoxy) is 3. The van der Waals surface area contributed by atoms with Crippen molar-refractivity contribution in [3.05, 3.63) is 66.2 Å². The van der Waals surface area contributed by atoms with Crippen LogP contribution in [0.15, 0.2) is 65.8 Å². The second kappa shape index (κ2) is 7.37. The summed E-state index contributed by atoms with van der Waals surface area (Å²) in [6, 6.07) is 19.0. The number of carbonyl (C=O) groups excluding carboxylic acids is 1. The van der Waals surface area contributed by atoms with Crippen molar-refractivity contribution >= 4 is 22.9 Å². The summed E-state index contributed by atoms with van der Waals surface area (Å²) < 4.78 is 16.7. The van der Waals surface area contributed by atoms with Crippen molar-refractivity contribution in [3.8, 4) is 17.2 Å². The molecule has 0 spiro atoms. The number of hydrogen-bond acceptors (Lipinski definition) is 5. The maximum absolute atomic E-state index is 12.4. The maximum Gasteiger partial charge on any atom is 0.284 e. The van der Waals surface area contributed by atoms with Gasteiger partial charge in [-0.25, -0.2) is 5.43 Å². The molecule has 4 rings (SSSR count). The van der Waals surface area contributed by atoms with Gasteiger partial charge in [-0.1, -0.05) is 42.5 Å². The lowest BCUT2D eigenvalue weighted by Gasteiger charge is -2.24. The first-order chi connectivity index (χ1) is 13.3. The molecule has 136 valence electrons. The molecular formula is C21H18N2O4. The second-order valence-electron chi connectivity index (χ2n) is 6.00. The lowest BCUT2D eigenvalue weighted by atomic mass is 10.0. The maximum atomic E-state index is 12.4. The van der Waals surface area contributed by atoms with Crippen molar-refractivity contribution in [2.75, 3.05) is 13.7 Å². The summed E-state index contributed by atoms with van der Waals surface area (Å²) >= 11 is 0. The number of hydrogen-bond donors (Lipinski definition) is 1. The van der Waals surface area contributed by atoms with Gasteiger partial charge in [0, 0.05) is 5.56 Å². The van der Waals surface area contributed by atoms with Crippen LogP contribution in [0.4, 0.5) is 0 Å². The number of benzene rings is 3. The monoisotopic (exact) mass is 362 g/mol. The Hall–Kier alpha value is -3.54. The van der Waals surface area contributed by atoms with Crippen molar-refractivity contribution in [2.45, 2.75) is 6.10 Å². The van der Waals surface area contributed by atoms with Crippen molar-refractivity contribution in [2.24, 2.45) is 5.10 Å². The van der Waals surface area contributed by atoms with Crippen LogP contribution < -0.4 is 19.6 Å². The Kier molecular flexibility index (Phi) is 4.61. The third-order valence-electron chi connectivity index (χ3n) is 4.32. The molecule has 0 saturated carbocycles. The highest BCUT2D eigenvalue weighted by molar-refractivity contribution is 6.02. The number of para-hydroxylation sites is 2. The molecule has 3 aromatic rings. The van der Waals surface area contributed by atoms with Crippen LogP contribution in [0.3, 0.4) is 0 Å². The van der Waals surface area contributed by atoms with Crippen LogP contribution in [0, 0.1) is 0 Å². The number of fused-ring (bicyclic) bond motifs is 2. The molecule has 0 unspecified atom stereocenters. The molecule has 0 aromatic heterocycles. The van der Waals surface area contributed by atoms with E-state index >= 15 is 0 Å². The van der Waals surface area contributed by atoms with Crippen LogP contribution in [-0.4, -0.2) is 31.9 Å². The van der Waals surface area contributed by atoms with E-state index in [0.717, 1.165) is 16.3 Å². The molecule has 6 nitrogen and oxygen atoms in total. The van der Waals surface area contributed by atoms with E-state index in [-0.39, 0.29) is 12.5 Å². The fraction of sp³-hybridized carbons (Fsp3) is 0.143. The molecule has 0 aliphatic carbocycles. The van der Waals surface area contributed by atoms with Gasteiger partial charge in [-0.2, -0.15) is 5.10 Å². The Morgan fingerprint density at radius 3 is 2.74 bits per heavy atom. The number of carbonyl (C=O) groups is 1. The van der Waals surface area contributed by atoms with E-state index in [1.165, 1.54) is 0 Å². The predicted molar refractivity (Wildman–Crippen MR) is 103 cm³/mol. The molecule has 0 fully saturated rings. The first kappa shape index (κ1) is 16.9. The standard InChI is InChI=1S/C21H18N2O4/c1-25-17-11-10-14-6-2-3-7-15(14)16(17)12-22-23-21(24)20-13-26-18-8-4-5-9-19(18)27-20/h2-12,20H,13H2,1H3,(H,23,24)/b22-12-/t20-/m0/s1. The SMILES string of the molecule is COc1ccc2ccccc2c1/C=N\NC(=O)[C@@H]1COc2ccccc2O1. The number of nitrogens with one attached hydrogen (secondary N) is 1. The minimum absolute atomic E-state index is 0.135. The van der Waals surface area contributed by atoms with Gasteiger partial charge in [0.1, 0.15) is 12.4 Å². The van der Waals surface area contributed by atoms with Crippen LogP contribution in [0.1, 0.15) is 5.56 Å². The van der Waals surface area contributed by atoms with Gasteiger partial charge in [0.2, 0.25) is 6.10 Å². The fourth-order valence-electron chi connectivity index (χ4n) is 2.97. The minimum Gasteiger partial charge on any atom is -0.496 e. The van der Waals surface area contributed by atoms with E-state index in [9.17, 15) is 4.79 Å². The summed E-state index contributed by atoms with van der Waals surface area (Å²) in [5.74, 6) is 1.48. The Balaban J connectivity index is 1.50. The number of methoxy groups -OCH3 is 1. The average Bonchev–Trinajstić information content (AvgIpc) is 2.73. The van der Waals surface area contributed by atoms with Crippen LogP contribution in [0.5, 0.6) is 17.2 Å². The number of nitrogens with zero attached hydrogens (tertiary/aromatic N) is 1. The zero-order valence-electron chi connectivity index (χ0n) is 14.7. The van der Waals surface area contributed by atoms with Crippen molar-refractivity contribution in [1.29, 1.82) is 0 Å². The highest BCUT2D eigenvalue weighted by atomic mass is 16.6. The summed E-state index contributed by atoms with van der Waals surface area (Å²) in [5.41, 5.74) is 3.31. The molecule has 1 N–H and O–H groups in total. The second-order valence-corrected chi connectivity index (χ2v) is 6.00. The molecule has 27 heavy (non-hydrogen) atoms. The zero-order valence-corrected chi connectivity index (χ0v) is 14.7. The number of hydrazone groups is 1. The zero-order chi connectivity index (χ0) is 18.6. The number of amides is 1. The first-order valence-corrected chi connectivity index (χ1v) is 8.53. The quantitative estimate of drug-likeness (QED) is 0.572. The highest BCUT2D eigenvalue weighted by Crippen LogP contribution is 2.31. The van der Waals surface area contributed by atoms with Crippen LogP contribution in [0.2, 0.25) is 0 Å². The molecule has 1 aliphatic rings. The lowest BCUT2D eigenvalue weighted by Crippen LogP contribution is -2.42. The minimum atomic E-state index is -0.758. The van der Waals surface area contributed by atoms with E-state index in [4.69, 9.17) is 14.2 Å². The smallest absolute Gasteiger partial charge is 0.284 e. The van der Waals surface area contributed by atoms with Gasteiger partial charge in [0.05, 0.1) is 13.3 Å². The predicted octanol–water partition coefficient (Wildman–Crippen LogP) is 3.14. The molecule has 6 heteroatoms. The van der Waals surface area contributed by atoms with Crippen LogP contribution >= 0.6 is 0 Å². The molecule has 1 heterocycles. The van der Waals surface area contributed by atoms with Crippen LogP contribution in [0.25, 0.3) is 10.8 Å². The Bertz CT molecular complexity index is 1020. The fourth-order valence-corrected chi connectivity index (χ4v) is 2.97. The van der Waals surface area contributed by atoms with Crippen molar-refractivity contribution < 1.29 is 19.0 Å². The average molecular weight is 362 g/mol. The number of rotatable bonds is 4. The Labute approximate surface area is 156 Å². The largest absolute Gasteiger partial charge is 0.496 e. The summed E-state index contributed by atoms with van der Waals surface area (Å²) in [6.07, 6.45) is 0.822. The summed E-state index contributed by atoms with van der Waals surface area (Å²) in [4.78, 5) is 12.4. The van der Waals surface area contributed by atoms with Gasteiger partial charge < -0.3 is 14.2 Å². The molecular weight excluding hydrogens is 344 g/mol. The van der Waals surface area contributed by atoms with E-state index in [2.05, 4.69) is 10.5 Å². The molecule has 0 bridgehead atoms. The summed E-state index contributed by atoms with van der Waals surface area (Å²) in [7, 11) is 1.60. The van der Waals surface area contributed by atoms with Gasteiger partial charge in [-0.15, -0.1) is 0 Å². The van der Waals surface area contributed by atoms with Crippen molar-refractivity contribution in [3.63, 3.8) is 0 Å². The third kappa shape index (κ3) is 3.42. The van der Waals surface area contributed by atoms with Gasteiger partial charge in [0.15, 0.2) is 11.5 Å². The van der Waals surface area contributed by atoms with E-state index < -0.39 is 6.10 Å². The molecule has 1 aliphatic heterocycles. The molecule has 3 aromatic carbocycles. The Morgan fingerprint density at radius 1 is 1.11 bits per heavy atom. The van der Waals surface area contributed by atoms with Crippen molar-refractivity contribution in [1.82, 2.24) is 5.43 Å².